The first-order valence-corrected chi connectivity index (χ1v) is 10.3. The number of amides is 1. The van der Waals surface area contributed by atoms with Gasteiger partial charge < -0.3 is 15.4 Å². The zero-order chi connectivity index (χ0) is 20.5. The van der Waals surface area contributed by atoms with Gasteiger partial charge in [0.25, 0.3) is 5.91 Å². The van der Waals surface area contributed by atoms with Crippen molar-refractivity contribution in [3.05, 3.63) is 58.9 Å². The molecular formula is C23H30N4O2. The van der Waals surface area contributed by atoms with Crippen LogP contribution in [-0.4, -0.2) is 36.1 Å². The van der Waals surface area contributed by atoms with Crippen LogP contribution in [0.5, 0.6) is 5.75 Å². The Morgan fingerprint density at radius 2 is 1.93 bits per heavy atom. The molecule has 1 amide bonds. The minimum absolute atomic E-state index is 0.179. The quantitative estimate of drug-likeness (QED) is 0.627. The average molecular weight is 395 g/mol. The van der Waals surface area contributed by atoms with Crippen LogP contribution >= 0.6 is 0 Å². The van der Waals surface area contributed by atoms with Gasteiger partial charge in [-0.05, 0) is 69.2 Å². The maximum Gasteiger partial charge on any atom is 0.270 e. The fourth-order valence-electron chi connectivity index (χ4n) is 3.43. The molecule has 2 aromatic rings. The molecule has 0 radical (unpaired) electrons. The van der Waals surface area contributed by atoms with Crippen molar-refractivity contribution in [1.82, 2.24) is 15.3 Å². The number of nitrogens with zero attached hydrogens (tertiary/aromatic N) is 2. The molecule has 0 unspecified atom stereocenters. The van der Waals surface area contributed by atoms with E-state index in [0.717, 1.165) is 36.4 Å². The molecule has 0 spiro atoms. The third kappa shape index (κ3) is 6.59. The number of methoxy groups -OCH3 is 1. The normalized spacial score (nSPS) is 13.5. The molecular weight excluding hydrogens is 364 g/mol. The largest absolute Gasteiger partial charge is 0.497 e. The van der Waals surface area contributed by atoms with Gasteiger partial charge in [-0.15, -0.1) is 0 Å². The van der Waals surface area contributed by atoms with Crippen molar-refractivity contribution < 1.29 is 9.53 Å². The SMILES string of the molecule is COc1ccc(CCNC(=O)c2cc(C)nc(NCCC3=CCCCC3)n2)cc1. The van der Waals surface area contributed by atoms with Gasteiger partial charge in [0.05, 0.1) is 7.11 Å². The minimum atomic E-state index is -0.179. The second-order valence-corrected chi connectivity index (χ2v) is 7.36. The van der Waals surface area contributed by atoms with Crippen molar-refractivity contribution >= 4 is 11.9 Å². The third-order valence-corrected chi connectivity index (χ3v) is 5.06. The number of carbonyl (C=O) groups is 1. The topological polar surface area (TPSA) is 76.1 Å². The highest BCUT2D eigenvalue weighted by Crippen LogP contribution is 2.20. The summed E-state index contributed by atoms with van der Waals surface area (Å²) in [5.74, 6) is 1.16. The molecule has 0 saturated heterocycles. The van der Waals surface area contributed by atoms with E-state index in [1.54, 1.807) is 13.2 Å². The summed E-state index contributed by atoms with van der Waals surface area (Å²) in [6, 6.07) is 9.57. The van der Waals surface area contributed by atoms with E-state index in [9.17, 15) is 4.79 Å². The summed E-state index contributed by atoms with van der Waals surface area (Å²) in [7, 11) is 1.65. The maximum absolute atomic E-state index is 12.5. The molecule has 0 fully saturated rings. The molecule has 3 rings (SSSR count). The van der Waals surface area contributed by atoms with E-state index < -0.39 is 0 Å². The summed E-state index contributed by atoms with van der Waals surface area (Å²) < 4.78 is 5.16. The zero-order valence-electron chi connectivity index (χ0n) is 17.3. The molecule has 1 heterocycles. The fourth-order valence-corrected chi connectivity index (χ4v) is 3.43. The smallest absolute Gasteiger partial charge is 0.270 e. The Morgan fingerprint density at radius 3 is 2.66 bits per heavy atom. The number of benzene rings is 1. The molecule has 2 N–H and O–H groups in total. The van der Waals surface area contributed by atoms with Crippen LogP contribution in [-0.2, 0) is 6.42 Å². The van der Waals surface area contributed by atoms with Crippen molar-refractivity contribution in [2.75, 3.05) is 25.5 Å². The number of aryl methyl sites for hydroxylation is 1. The number of aromatic nitrogens is 2. The Labute approximate surface area is 172 Å². The number of nitrogens with one attached hydrogen (secondary N) is 2. The lowest BCUT2D eigenvalue weighted by molar-refractivity contribution is 0.0949. The van der Waals surface area contributed by atoms with Crippen LogP contribution < -0.4 is 15.4 Å². The van der Waals surface area contributed by atoms with Crippen molar-refractivity contribution in [1.29, 1.82) is 0 Å². The lowest BCUT2D eigenvalue weighted by Crippen LogP contribution is -2.27. The molecule has 0 aliphatic heterocycles. The predicted molar refractivity (Wildman–Crippen MR) is 115 cm³/mol. The van der Waals surface area contributed by atoms with Crippen molar-refractivity contribution in [3.63, 3.8) is 0 Å². The summed E-state index contributed by atoms with van der Waals surface area (Å²) in [5, 5.41) is 6.21. The van der Waals surface area contributed by atoms with Crippen LogP contribution in [0.15, 0.2) is 42.0 Å². The summed E-state index contributed by atoms with van der Waals surface area (Å²) in [5.41, 5.74) is 3.82. The number of allylic oxidation sites excluding steroid dienone is 1. The highest BCUT2D eigenvalue weighted by Gasteiger charge is 2.11. The molecule has 6 nitrogen and oxygen atoms in total. The summed E-state index contributed by atoms with van der Waals surface area (Å²) in [6.45, 7) is 3.21. The van der Waals surface area contributed by atoms with E-state index >= 15 is 0 Å². The van der Waals surface area contributed by atoms with Crippen LogP contribution in [0.4, 0.5) is 5.95 Å². The van der Waals surface area contributed by atoms with E-state index in [1.807, 2.05) is 31.2 Å². The van der Waals surface area contributed by atoms with Crippen LogP contribution in [0.25, 0.3) is 0 Å². The van der Waals surface area contributed by atoms with E-state index in [-0.39, 0.29) is 5.91 Å². The molecule has 0 atom stereocenters. The first-order valence-electron chi connectivity index (χ1n) is 10.3. The average Bonchev–Trinajstić information content (AvgIpc) is 2.74. The zero-order valence-corrected chi connectivity index (χ0v) is 17.3. The minimum Gasteiger partial charge on any atom is -0.497 e. The molecule has 1 aliphatic rings. The maximum atomic E-state index is 12.5. The van der Waals surface area contributed by atoms with Crippen molar-refractivity contribution in [2.24, 2.45) is 0 Å². The van der Waals surface area contributed by atoms with Crippen LogP contribution in [0.1, 0.15) is 53.8 Å². The van der Waals surface area contributed by atoms with Crippen LogP contribution in [0.2, 0.25) is 0 Å². The Kier molecular flexibility index (Phi) is 7.61. The van der Waals surface area contributed by atoms with Crippen molar-refractivity contribution in [3.8, 4) is 5.75 Å². The monoisotopic (exact) mass is 394 g/mol. The molecule has 0 bridgehead atoms. The molecule has 29 heavy (non-hydrogen) atoms. The van der Waals surface area contributed by atoms with Gasteiger partial charge in [-0.1, -0.05) is 23.8 Å². The van der Waals surface area contributed by atoms with Gasteiger partial charge in [0.1, 0.15) is 11.4 Å². The van der Waals surface area contributed by atoms with Crippen LogP contribution in [0, 0.1) is 6.92 Å². The van der Waals surface area contributed by atoms with Gasteiger partial charge in [0, 0.05) is 18.8 Å². The first-order chi connectivity index (χ1) is 14.1. The Hall–Kier alpha value is -2.89. The third-order valence-electron chi connectivity index (χ3n) is 5.06. The van der Waals surface area contributed by atoms with E-state index in [4.69, 9.17) is 4.74 Å². The van der Waals surface area contributed by atoms with Gasteiger partial charge in [0.15, 0.2) is 0 Å². The Bertz CT molecular complexity index is 846. The lowest BCUT2D eigenvalue weighted by atomic mass is 9.97. The number of carbonyl (C=O) groups excluding carboxylic acids is 1. The van der Waals surface area contributed by atoms with Crippen LogP contribution in [0.3, 0.4) is 0 Å². The van der Waals surface area contributed by atoms with Gasteiger partial charge in [-0.2, -0.15) is 0 Å². The predicted octanol–water partition coefficient (Wildman–Crippen LogP) is 4.07. The number of hydrogen-bond donors (Lipinski definition) is 2. The fraction of sp³-hybridized carbons (Fsp3) is 0.435. The second kappa shape index (κ2) is 10.6. The Balaban J connectivity index is 1.49. The van der Waals surface area contributed by atoms with Gasteiger partial charge in [0.2, 0.25) is 5.95 Å². The standard InChI is InChI=1S/C23H30N4O2/c1-17-16-21(22(28)24-14-12-19-8-10-20(29-2)11-9-19)27-23(26-17)25-15-13-18-6-4-3-5-7-18/h6,8-11,16H,3-5,7,12-15H2,1-2H3,(H,24,28)(H,25,26,27). The molecule has 1 aliphatic carbocycles. The van der Waals surface area contributed by atoms with E-state index in [1.165, 1.54) is 31.3 Å². The van der Waals surface area contributed by atoms with Gasteiger partial charge in [-0.3, -0.25) is 4.79 Å². The van der Waals surface area contributed by atoms with Crippen molar-refractivity contribution in [2.45, 2.75) is 45.4 Å². The molecule has 0 saturated carbocycles. The second-order valence-electron chi connectivity index (χ2n) is 7.36. The van der Waals surface area contributed by atoms with Gasteiger partial charge in [-0.25, -0.2) is 9.97 Å². The van der Waals surface area contributed by atoms with E-state index in [2.05, 4.69) is 26.7 Å². The highest BCUT2D eigenvalue weighted by molar-refractivity contribution is 5.92. The van der Waals surface area contributed by atoms with E-state index in [0.29, 0.717) is 18.2 Å². The summed E-state index contributed by atoms with van der Waals surface area (Å²) in [6.07, 6.45) is 9.07. The highest BCUT2D eigenvalue weighted by atomic mass is 16.5. The molecule has 154 valence electrons. The molecule has 1 aromatic heterocycles. The van der Waals surface area contributed by atoms with Gasteiger partial charge >= 0.3 is 0 Å². The summed E-state index contributed by atoms with van der Waals surface area (Å²) >= 11 is 0. The summed E-state index contributed by atoms with van der Waals surface area (Å²) in [4.78, 5) is 21.3. The molecule has 6 heteroatoms. The number of ether oxygens (including phenoxy) is 1. The number of hydrogen-bond acceptors (Lipinski definition) is 5. The number of anilines is 1. The Morgan fingerprint density at radius 1 is 1.10 bits per heavy atom. The molecule has 1 aromatic carbocycles. The number of rotatable bonds is 9. The first kappa shape index (κ1) is 20.8. The lowest BCUT2D eigenvalue weighted by Gasteiger charge is -2.13.